The van der Waals surface area contributed by atoms with Crippen LogP contribution < -0.4 is 11.3 Å². The van der Waals surface area contributed by atoms with Crippen LogP contribution in [-0.4, -0.2) is 16.6 Å². The lowest BCUT2D eigenvalue weighted by Gasteiger charge is -2.05. The van der Waals surface area contributed by atoms with Crippen molar-refractivity contribution in [3.8, 4) is 0 Å². The molecule has 5 nitrogen and oxygen atoms in total. The largest absolute Gasteiger partial charge is 0.373 e. The molecule has 0 saturated carbocycles. The molecular weight excluding hydrogens is 180 g/mol. The highest BCUT2D eigenvalue weighted by atomic mass is 16.5. The number of anilines is 1. The number of aromatic nitrogens is 2. The zero-order chi connectivity index (χ0) is 10.4. The maximum absolute atomic E-state index is 5.33. The summed E-state index contributed by atoms with van der Waals surface area (Å²) in [6.07, 6.45) is 0.994. The number of nitrogen functional groups attached to an aromatic ring is 1. The molecule has 0 radical (unpaired) electrons. The maximum Gasteiger partial charge on any atom is 0.156 e. The van der Waals surface area contributed by atoms with Crippen LogP contribution in [0.25, 0.3) is 0 Å². The Morgan fingerprint density at radius 1 is 1.50 bits per heavy atom. The summed E-state index contributed by atoms with van der Waals surface area (Å²) in [4.78, 5) is 8.37. The van der Waals surface area contributed by atoms with Gasteiger partial charge < -0.3 is 10.2 Å². The lowest BCUT2D eigenvalue weighted by Crippen LogP contribution is -2.11. The minimum Gasteiger partial charge on any atom is -0.373 e. The van der Waals surface area contributed by atoms with Crippen molar-refractivity contribution < 1.29 is 4.74 Å². The van der Waals surface area contributed by atoms with Crippen LogP contribution in [0.15, 0.2) is 6.07 Å². The van der Waals surface area contributed by atoms with Crippen LogP contribution in [0.3, 0.4) is 0 Å². The molecule has 78 valence electrons. The van der Waals surface area contributed by atoms with Gasteiger partial charge in [-0.05, 0) is 13.3 Å². The monoisotopic (exact) mass is 196 g/mol. The Balaban J connectivity index is 2.62. The molecule has 0 aromatic carbocycles. The molecule has 3 N–H and O–H groups in total. The van der Waals surface area contributed by atoms with Gasteiger partial charge in [0.2, 0.25) is 0 Å². The minimum absolute atomic E-state index is 0.435. The van der Waals surface area contributed by atoms with Crippen molar-refractivity contribution in [1.82, 2.24) is 9.97 Å². The zero-order valence-corrected chi connectivity index (χ0v) is 8.58. The summed E-state index contributed by atoms with van der Waals surface area (Å²) in [6.45, 7) is 5.11. The lowest BCUT2D eigenvalue weighted by atomic mass is 10.4. The molecule has 0 bridgehead atoms. The van der Waals surface area contributed by atoms with Gasteiger partial charge in [0, 0.05) is 18.4 Å². The first-order valence-corrected chi connectivity index (χ1v) is 4.65. The Hall–Kier alpha value is -1.20. The van der Waals surface area contributed by atoms with E-state index in [9.17, 15) is 0 Å². The molecule has 1 rings (SSSR count). The molecule has 0 unspecified atom stereocenters. The topological polar surface area (TPSA) is 73.1 Å². The number of hydrogen-bond acceptors (Lipinski definition) is 5. The first kappa shape index (κ1) is 10.9. The second-order valence-corrected chi connectivity index (χ2v) is 3.01. The summed E-state index contributed by atoms with van der Waals surface area (Å²) in [5, 5.41) is 0. The Morgan fingerprint density at radius 3 is 2.93 bits per heavy atom. The van der Waals surface area contributed by atoms with Gasteiger partial charge in [-0.25, -0.2) is 15.8 Å². The SMILES string of the molecule is CCCOCc1nc(C)cc(NN)n1. The van der Waals surface area contributed by atoms with E-state index in [1.54, 1.807) is 6.07 Å². The van der Waals surface area contributed by atoms with Crippen molar-refractivity contribution in [3.63, 3.8) is 0 Å². The fourth-order valence-corrected chi connectivity index (χ4v) is 1.08. The van der Waals surface area contributed by atoms with Crippen LogP contribution in [0.4, 0.5) is 5.82 Å². The molecule has 0 atom stereocenters. The van der Waals surface area contributed by atoms with Gasteiger partial charge in [-0.2, -0.15) is 0 Å². The van der Waals surface area contributed by atoms with Crippen LogP contribution in [0.2, 0.25) is 0 Å². The summed E-state index contributed by atoms with van der Waals surface area (Å²) in [7, 11) is 0. The Bertz CT molecular complexity index is 290. The van der Waals surface area contributed by atoms with Crippen LogP contribution in [0, 0.1) is 6.92 Å². The number of hydrazine groups is 1. The Kier molecular flexibility index (Phi) is 4.28. The normalized spacial score (nSPS) is 10.2. The highest BCUT2D eigenvalue weighted by molar-refractivity contribution is 5.33. The zero-order valence-electron chi connectivity index (χ0n) is 8.58. The highest BCUT2D eigenvalue weighted by Gasteiger charge is 2.00. The van der Waals surface area contributed by atoms with Gasteiger partial charge in [-0.3, -0.25) is 0 Å². The quantitative estimate of drug-likeness (QED) is 0.417. The predicted octanol–water partition coefficient (Wildman–Crippen LogP) is 0.997. The number of hydrogen-bond donors (Lipinski definition) is 2. The second-order valence-electron chi connectivity index (χ2n) is 3.01. The summed E-state index contributed by atoms with van der Waals surface area (Å²) in [5.41, 5.74) is 3.37. The third-order valence-corrected chi connectivity index (χ3v) is 1.63. The van der Waals surface area contributed by atoms with Crippen molar-refractivity contribution in [2.75, 3.05) is 12.0 Å². The van der Waals surface area contributed by atoms with E-state index in [0.717, 1.165) is 18.7 Å². The van der Waals surface area contributed by atoms with Gasteiger partial charge in [0.1, 0.15) is 12.4 Å². The molecular formula is C9H16N4O. The van der Waals surface area contributed by atoms with Crippen LogP contribution in [0.5, 0.6) is 0 Å². The molecule has 0 aliphatic rings. The van der Waals surface area contributed by atoms with Crippen LogP contribution in [-0.2, 0) is 11.3 Å². The smallest absolute Gasteiger partial charge is 0.156 e. The summed E-state index contributed by atoms with van der Waals surface area (Å²) in [6, 6.07) is 1.78. The van der Waals surface area contributed by atoms with Crippen molar-refractivity contribution in [2.24, 2.45) is 5.84 Å². The summed E-state index contributed by atoms with van der Waals surface area (Å²) >= 11 is 0. The molecule has 5 heteroatoms. The van der Waals surface area contributed by atoms with Gasteiger partial charge in [0.15, 0.2) is 5.82 Å². The van der Waals surface area contributed by atoms with Gasteiger partial charge >= 0.3 is 0 Å². The molecule has 0 aliphatic carbocycles. The van der Waals surface area contributed by atoms with Gasteiger partial charge in [0.25, 0.3) is 0 Å². The third kappa shape index (κ3) is 3.27. The van der Waals surface area contributed by atoms with E-state index in [1.807, 2.05) is 6.92 Å². The third-order valence-electron chi connectivity index (χ3n) is 1.63. The van der Waals surface area contributed by atoms with E-state index in [1.165, 1.54) is 0 Å². The number of nitrogens with two attached hydrogens (primary N) is 1. The van der Waals surface area contributed by atoms with E-state index in [4.69, 9.17) is 10.6 Å². The van der Waals surface area contributed by atoms with Gasteiger partial charge in [0.05, 0.1) is 0 Å². The Morgan fingerprint density at radius 2 is 2.29 bits per heavy atom. The number of ether oxygens (including phenoxy) is 1. The summed E-state index contributed by atoms with van der Waals surface area (Å²) in [5.74, 6) is 6.54. The number of aryl methyl sites for hydroxylation is 1. The molecule has 1 aromatic heterocycles. The Labute approximate surface area is 83.7 Å². The lowest BCUT2D eigenvalue weighted by molar-refractivity contribution is 0.116. The molecule has 14 heavy (non-hydrogen) atoms. The highest BCUT2D eigenvalue weighted by Crippen LogP contribution is 2.05. The molecule has 1 aromatic rings. The first-order valence-electron chi connectivity index (χ1n) is 4.65. The maximum atomic E-state index is 5.33. The first-order chi connectivity index (χ1) is 6.76. The van der Waals surface area contributed by atoms with Crippen LogP contribution in [0.1, 0.15) is 24.9 Å². The van der Waals surface area contributed by atoms with Gasteiger partial charge in [-0.1, -0.05) is 6.92 Å². The molecule has 0 saturated heterocycles. The van der Waals surface area contributed by atoms with Gasteiger partial charge in [-0.15, -0.1) is 0 Å². The van der Waals surface area contributed by atoms with Crippen molar-refractivity contribution in [2.45, 2.75) is 26.9 Å². The number of nitrogens with zero attached hydrogens (tertiary/aromatic N) is 2. The predicted molar refractivity (Wildman–Crippen MR) is 54.5 cm³/mol. The minimum atomic E-state index is 0.435. The fraction of sp³-hybridized carbons (Fsp3) is 0.556. The van der Waals surface area contributed by atoms with E-state index in [0.29, 0.717) is 18.2 Å². The number of rotatable bonds is 5. The van der Waals surface area contributed by atoms with Crippen LogP contribution >= 0.6 is 0 Å². The summed E-state index contributed by atoms with van der Waals surface area (Å²) < 4.78 is 5.33. The van der Waals surface area contributed by atoms with E-state index >= 15 is 0 Å². The van der Waals surface area contributed by atoms with E-state index in [2.05, 4.69) is 22.3 Å². The van der Waals surface area contributed by atoms with Crippen molar-refractivity contribution in [3.05, 3.63) is 17.6 Å². The molecule has 0 amide bonds. The van der Waals surface area contributed by atoms with E-state index in [-0.39, 0.29) is 0 Å². The standard InChI is InChI=1S/C9H16N4O/c1-3-4-14-6-9-11-7(2)5-8(12-9)13-10/h5H,3-4,6,10H2,1-2H3,(H,11,12,13). The van der Waals surface area contributed by atoms with E-state index < -0.39 is 0 Å². The number of nitrogens with one attached hydrogen (secondary N) is 1. The fourth-order valence-electron chi connectivity index (χ4n) is 1.08. The molecule has 1 heterocycles. The average Bonchev–Trinajstić information content (AvgIpc) is 2.17. The van der Waals surface area contributed by atoms with Crippen molar-refractivity contribution in [1.29, 1.82) is 0 Å². The molecule has 0 spiro atoms. The molecule has 0 fully saturated rings. The molecule has 0 aliphatic heterocycles. The average molecular weight is 196 g/mol. The van der Waals surface area contributed by atoms with Crippen molar-refractivity contribution >= 4 is 5.82 Å². The second kappa shape index (κ2) is 5.51.